The molecule has 1 fully saturated rings. The van der Waals surface area contributed by atoms with Gasteiger partial charge in [0.25, 0.3) is 0 Å². The van der Waals surface area contributed by atoms with E-state index in [1.165, 1.54) is 25.9 Å². The highest BCUT2D eigenvalue weighted by Gasteiger charge is 2.42. The molecular formula is C10H21N. The standard InChI is InChI=1S/C10H21N/c1-5-6-10(9(2)3)7-11(4)8-10/h9H,5-8H2,1-4H3. The quantitative estimate of drug-likeness (QED) is 0.605. The lowest BCUT2D eigenvalue weighted by Crippen LogP contribution is -2.56. The molecule has 1 aliphatic heterocycles. The summed E-state index contributed by atoms with van der Waals surface area (Å²) in [4.78, 5) is 2.43. The summed E-state index contributed by atoms with van der Waals surface area (Å²) >= 11 is 0. The van der Waals surface area contributed by atoms with Gasteiger partial charge in [-0.2, -0.15) is 0 Å². The van der Waals surface area contributed by atoms with E-state index in [1.54, 1.807) is 0 Å². The lowest BCUT2D eigenvalue weighted by molar-refractivity contribution is -0.0259. The Hall–Kier alpha value is -0.0400. The van der Waals surface area contributed by atoms with Crippen LogP contribution in [0.5, 0.6) is 0 Å². The van der Waals surface area contributed by atoms with Crippen LogP contribution >= 0.6 is 0 Å². The Kier molecular flexibility index (Phi) is 2.58. The van der Waals surface area contributed by atoms with Gasteiger partial charge in [0.2, 0.25) is 0 Å². The van der Waals surface area contributed by atoms with Gasteiger partial charge in [0.15, 0.2) is 0 Å². The Morgan fingerprint density at radius 2 is 1.91 bits per heavy atom. The predicted molar refractivity (Wildman–Crippen MR) is 49.7 cm³/mol. The van der Waals surface area contributed by atoms with E-state index in [4.69, 9.17) is 0 Å². The van der Waals surface area contributed by atoms with Gasteiger partial charge in [0.1, 0.15) is 0 Å². The molecule has 66 valence electrons. The Bertz CT molecular complexity index is 117. The molecule has 1 heteroatoms. The van der Waals surface area contributed by atoms with Crippen LogP contribution in [-0.4, -0.2) is 25.0 Å². The SMILES string of the molecule is CCCC1(C(C)C)CN(C)C1. The van der Waals surface area contributed by atoms with Gasteiger partial charge in [-0.1, -0.05) is 27.2 Å². The van der Waals surface area contributed by atoms with Crippen molar-refractivity contribution in [3.05, 3.63) is 0 Å². The number of hydrogen-bond acceptors (Lipinski definition) is 1. The number of likely N-dealkylation sites (tertiary alicyclic amines) is 1. The van der Waals surface area contributed by atoms with E-state index in [2.05, 4.69) is 32.7 Å². The minimum Gasteiger partial charge on any atom is -0.305 e. The van der Waals surface area contributed by atoms with Crippen LogP contribution in [0.3, 0.4) is 0 Å². The molecule has 1 nitrogen and oxygen atoms in total. The van der Waals surface area contributed by atoms with Crippen LogP contribution in [0.15, 0.2) is 0 Å². The lowest BCUT2D eigenvalue weighted by atomic mass is 9.68. The molecule has 0 aromatic rings. The predicted octanol–water partition coefficient (Wildman–Crippen LogP) is 2.37. The minimum absolute atomic E-state index is 0.670. The van der Waals surface area contributed by atoms with Crippen LogP contribution in [0.25, 0.3) is 0 Å². The van der Waals surface area contributed by atoms with Crippen LogP contribution in [0.4, 0.5) is 0 Å². The van der Waals surface area contributed by atoms with Gasteiger partial charge in [-0.25, -0.2) is 0 Å². The van der Waals surface area contributed by atoms with E-state index in [0.717, 1.165) is 5.92 Å². The molecule has 0 bridgehead atoms. The van der Waals surface area contributed by atoms with Crippen molar-refractivity contribution in [3.8, 4) is 0 Å². The second-order valence-electron chi connectivity index (χ2n) is 4.44. The van der Waals surface area contributed by atoms with E-state index in [1.807, 2.05) is 0 Å². The molecule has 0 saturated carbocycles. The molecule has 0 aromatic heterocycles. The molecule has 0 radical (unpaired) electrons. The van der Waals surface area contributed by atoms with Crippen LogP contribution < -0.4 is 0 Å². The molecular weight excluding hydrogens is 134 g/mol. The molecule has 0 unspecified atom stereocenters. The molecule has 1 saturated heterocycles. The molecule has 0 N–H and O–H groups in total. The first-order valence-corrected chi connectivity index (χ1v) is 4.79. The van der Waals surface area contributed by atoms with Crippen molar-refractivity contribution in [2.75, 3.05) is 20.1 Å². The molecule has 0 atom stereocenters. The van der Waals surface area contributed by atoms with E-state index in [-0.39, 0.29) is 0 Å². The monoisotopic (exact) mass is 155 g/mol. The maximum atomic E-state index is 2.43. The van der Waals surface area contributed by atoms with Gasteiger partial charge in [0.05, 0.1) is 0 Å². The van der Waals surface area contributed by atoms with E-state index >= 15 is 0 Å². The highest BCUT2D eigenvalue weighted by molar-refractivity contribution is 4.94. The summed E-state index contributed by atoms with van der Waals surface area (Å²) in [6, 6.07) is 0. The van der Waals surface area contributed by atoms with Crippen molar-refractivity contribution in [3.63, 3.8) is 0 Å². The molecule has 1 aliphatic rings. The topological polar surface area (TPSA) is 3.24 Å². The number of rotatable bonds is 3. The van der Waals surface area contributed by atoms with Gasteiger partial charge in [-0.3, -0.25) is 0 Å². The van der Waals surface area contributed by atoms with Crippen LogP contribution in [-0.2, 0) is 0 Å². The zero-order chi connectivity index (χ0) is 8.48. The number of hydrogen-bond donors (Lipinski definition) is 0. The zero-order valence-electron chi connectivity index (χ0n) is 8.35. The number of nitrogens with zero attached hydrogens (tertiary/aromatic N) is 1. The molecule has 0 aromatic carbocycles. The zero-order valence-corrected chi connectivity index (χ0v) is 8.35. The molecule has 0 aliphatic carbocycles. The highest BCUT2D eigenvalue weighted by Crippen LogP contribution is 2.40. The molecule has 1 heterocycles. The average Bonchev–Trinajstić information content (AvgIpc) is 1.84. The second kappa shape index (κ2) is 3.14. The fraction of sp³-hybridized carbons (Fsp3) is 1.00. The molecule has 0 amide bonds. The van der Waals surface area contributed by atoms with Gasteiger partial charge < -0.3 is 4.90 Å². The van der Waals surface area contributed by atoms with E-state index in [0.29, 0.717) is 5.41 Å². The highest BCUT2D eigenvalue weighted by atomic mass is 15.2. The van der Waals surface area contributed by atoms with Gasteiger partial charge in [-0.05, 0) is 24.8 Å². The summed E-state index contributed by atoms with van der Waals surface area (Å²) in [5, 5.41) is 0. The Morgan fingerprint density at radius 1 is 1.36 bits per heavy atom. The van der Waals surface area contributed by atoms with Gasteiger partial charge in [0, 0.05) is 13.1 Å². The third-order valence-corrected chi connectivity index (χ3v) is 3.14. The lowest BCUT2D eigenvalue weighted by Gasteiger charge is -2.52. The van der Waals surface area contributed by atoms with Crippen molar-refractivity contribution in [2.24, 2.45) is 11.3 Å². The van der Waals surface area contributed by atoms with Crippen LogP contribution in [0.1, 0.15) is 33.6 Å². The maximum absolute atomic E-state index is 2.43. The second-order valence-corrected chi connectivity index (χ2v) is 4.44. The first-order valence-electron chi connectivity index (χ1n) is 4.79. The molecule has 11 heavy (non-hydrogen) atoms. The molecule has 0 spiro atoms. The first kappa shape index (κ1) is 9.05. The van der Waals surface area contributed by atoms with Crippen LogP contribution in [0.2, 0.25) is 0 Å². The Balaban J connectivity index is 2.46. The van der Waals surface area contributed by atoms with Crippen molar-refractivity contribution < 1.29 is 0 Å². The summed E-state index contributed by atoms with van der Waals surface area (Å²) in [7, 11) is 2.22. The van der Waals surface area contributed by atoms with Crippen molar-refractivity contribution in [1.82, 2.24) is 4.90 Å². The summed E-state index contributed by atoms with van der Waals surface area (Å²) < 4.78 is 0. The summed E-state index contributed by atoms with van der Waals surface area (Å²) in [5.41, 5.74) is 0.670. The van der Waals surface area contributed by atoms with Gasteiger partial charge in [-0.15, -0.1) is 0 Å². The van der Waals surface area contributed by atoms with E-state index < -0.39 is 0 Å². The third kappa shape index (κ3) is 1.58. The Morgan fingerprint density at radius 3 is 2.18 bits per heavy atom. The van der Waals surface area contributed by atoms with Gasteiger partial charge >= 0.3 is 0 Å². The van der Waals surface area contributed by atoms with Crippen molar-refractivity contribution in [2.45, 2.75) is 33.6 Å². The first-order chi connectivity index (χ1) is 5.10. The summed E-state index contributed by atoms with van der Waals surface area (Å²) in [5.74, 6) is 0.860. The maximum Gasteiger partial charge on any atom is 0.00499 e. The minimum atomic E-state index is 0.670. The fourth-order valence-corrected chi connectivity index (χ4v) is 2.34. The average molecular weight is 155 g/mol. The van der Waals surface area contributed by atoms with Crippen LogP contribution in [0, 0.1) is 11.3 Å². The van der Waals surface area contributed by atoms with Crippen molar-refractivity contribution >= 4 is 0 Å². The van der Waals surface area contributed by atoms with E-state index in [9.17, 15) is 0 Å². The smallest absolute Gasteiger partial charge is 0.00499 e. The summed E-state index contributed by atoms with van der Waals surface area (Å²) in [6.45, 7) is 9.66. The Labute approximate surface area is 70.8 Å². The third-order valence-electron chi connectivity index (χ3n) is 3.14. The molecule has 1 rings (SSSR count). The summed E-state index contributed by atoms with van der Waals surface area (Å²) in [6.07, 6.45) is 2.75. The fourth-order valence-electron chi connectivity index (χ4n) is 2.34. The van der Waals surface area contributed by atoms with Crippen molar-refractivity contribution in [1.29, 1.82) is 0 Å². The normalized spacial score (nSPS) is 23.7. The largest absolute Gasteiger partial charge is 0.305 e.